The van der Waals surface area contributed by atoms with Gasteiger partial charge < -0.3 is 9.67 Å². The Kier molecular flexibility index (Phi) is 2.91. The maximum atomic E-state index is 11.7. The monoisotopic (exact) mass is 232 g/mol. The van der Waals surface area contributed by atoms with Crippen LogP contribution in [0.15, 0.2) is 29.1 Å². The van der Waals surface area contributed by atoms with E-state index in [4.69, 9.17) is 5.11 Å². The Morgan fingerprint density at radius 2 is 2.12 bits per heavy atom. The van der Waals surface area contributed by atoms with Crippen molar-refractivity contribution in [2.75, 3.05) is 0 Å². The van der Waals surface area contributed by atoms with Crippen molar-refractivity contribution in [2.24, 2.45) is 7.05 Å². The molecule has 1 aromatic carbocycles. The number of aryl methyl sites for hydroxylation is 2. The van der Waals surface area contributed by atoms with Crippen LogP contribution in [-0.4, -0.2) is 20.6 Å². The lowest BCUT2D eigenvalue weighted by Gasteiger charge is -2.09. The van der Waals surface area contributed by atoms with E-state index < -0.39 is 5.97 Å². The number of rotatable bonds is 3. The summed E-state index contributed by atoms with van der Waals surface area (Å²) in [4.78, 5) is 26.2. The number of hydrogen-bond acceptors (Lipinski definition) is 3. The van der Waals surface area contributed by atoms with Crippen LogP contribution in [0.3, 0.4) is 0 Å². The van der Waals surface area contributed by atoms with E-state index in [-0.39, 0.29) is 18.4 Å². The van der Waals surface area contributed by atoms with Gasteiger partial charge in [-0.25, -0.2) is 0 Å². The van der Waals surface area contributed by atoms with Gasteiger partial charge in [0.15, 0.2) is 0 Å². The highest BCUT2D eigenvalue weighted by Crippen LogP contribution is 2.10. The highest BCUT2D eigenvalue weighted by Gasteiger charge is 2.08. The van der Waals surface area contributed by atoms with Gasteiger partial charge in [0.1, 0.15) is 5.82 Å². The third-order valence-corrected chi connectivity index (χ3v) is 2.68. The smallest absolute Gasteiger partial charge is 0.303 e. The quantitative estimate of drug-likeness (QED) is 0.855. The molecule has 0 unspecified atom stereocenters. The van der Waals surface area contributed by atoms with E-state index in [9.17, 15) is 9.59 Å². The molecule has 2 rings (SSSR count). The molecule has 0 amide bonds. The van der Waals surface area contributed by atoms with E-state index in [2.05, 4.69) is 4.98 Å². The molecule has 0 spiro atoms. The topological polar surface area (TPSA) is 72.2 Å². The first-order valence-corrected chi connectivity index (χ1v) is 5.26. The first-order chi connectivity index (χ1) is 8.09. The number of para-hydroxylation sites is 1. The number of benzene rings is 1. The van der Waals surface area contributed by atoms with Crippen molar-refractivity contribution in [1.82, 2.24) is 9.55 Å². The van der Waals surface area contributed by atoms with Crippen molar-refractivity contribution >= 4 is 16.9 Å². The molecular formula is C12H12N2O3. The molecule has 0 saturated carbocycles. The number of carbonyl (C=O) groups is 1. The molecule has 0 aliphatic heterocycles. The summed E-state index contributed by atoms with van der Waals surface area (Å²) in [5.41, 5.74) is 0.465. The zero-order valence-electron chi connectivity index (χ0n) is 9.38. The summed E-state index contributed by atoms with van der Waals surface area (Å²) in [7, 11) is 1.78. The van der Waals surface area contributed by atoms with Gasteiger partial charge in [0.05, 0.1) is 17.3 Å². The van der Waals surface area contributed by atoms with Gasteiger partial charge in [-0.3, -0.25) is 9.59 Å². The lowest BCUT2D eigenvalue weighted by atomic mass is 10.2. The molecule has 0 bridgehead atoms. The van der Waals surface area contributed by atoms with Gasteiger partial charge in [-0.05, 0) is 12.1 Å². The molecule has 0 atom stereocenters. The van der Waals surface area contributed by atoms with Crippen LogP contribution in [0.5, 0.6) is 0 Å². The van der Waals surface area contributed by atoms with Gasteiger partial charge in [0.25, 0.3) is 5.56 Å². The van der Waals surface area contributed by atoms with Crippen LogP contribution in [0.2, 0.25) is 0 Å². The third kappa shape index (κ3) is 2.18. The Hall–Kier alpha value is -2.17. The van der Waals surface area contributed by atoms with Crippen LogP contribution in [0.1, 0.15) is 12.2 Å². The van der Waals surface area contributed by atoms with Crippen LogP contribution < -0.4 is 5.56 Å². The Morgan fingerprint density at radius 3 is 2.82 bits per heavy atom. The maximum absolute atomic E-state index is 11.7. The Balaban J connectivity index is 2.55. The number of aromatic nitrogens is 2. The summed E-state index contributed by atoms with van der Waals surface area (Å²) < 4.78 is 1.76. The number of fused-ring (bicyclic) bond motifs is 1. The lowest BCUT2D eigenvalue weighted by Crippen LogP contribution is -2.17. The molecule has 0 fully saturated rings. The van der Waals surface area contributed by atoms with Crippen molar-refractivity contribution in [3.63, 3.8) is 0 Å². The largest absolute Gasteiger partial charge is 0.481 e. The van der Waals surface area contributed by atoms with E-state index in [1.807, 2.05) is 12.1 Å². The van der Waals surface area contributed by atoms with E-state index in [1.54, 1.807) is 23.7 Å². The van der Waals surface area contributed by atoms with Crippen LogP contribution in [-0.2, 0) is 18.3 Å². The molecule has 0 saturated heterocycles. The fourth-order valence-corrected chi connectivity index (χ4v) is 1.78. The van der Waals surface area contributed by atoms with Crippen LogP contribution in [0.4, 0.5) is 0 Å². The normalized spacial score (nSPS) is 10.6. The molecule has 1 heterocycles. The summed E-state index contributed by atoms with van der Waals surface area (Å²) >= 11 is 0. The molecule has 17 heavy (non-hydrogen) atoms. The zero-order valence-corrected chi connectivity index (χ0v) is 9.38. The summed E-state index contributed by atoms with van der Waals surface area (Å²) in [6.45, 7) is 0. The predicted octanol–water partition coefficient (Wildman–Crippen LogP) is 0.951. The average Bonchev–Trinajstić information content (AvgIpc) is 2.32. The molecule has 1 N–H and O–H groups in total. The standard InChI is InChI=1S/C12H12N2O3/c1-14-9-5-3-2-4-8(9)12(17)13-10(14)6-7-11(15)16/h2-5H,6-7H2,1H3,(H,15,16). The molecule has 0 radical (unpaired) electrons. The van der Waals surface area contributed by atoms with Gasteiger partial charge in [0, 0.05) is 13.5 Å². The summed E-state index contributed by atoms with van der Waals surface area (Å²) in [6.07, 6.45) is 0.227. The van der Waals surface area contributed by atoms with Crippen LogP contribution >= 0.6 is 0 Å². The highest BCUT2D eigenvalue weighted by molar-refractivity contribution is 5.78. The molecule has 2 aromatic rings. The maximum Gasteiger partial charge on any atom is 0.303 e. The van der Waals surface area contributed by atoms with E-state index in [0.717, 1.165) is 5.52 Å². The van der Waals surface area contributed by atoms with E-state index >= 15 is 0 Å². The predicted molar refractivity (Wildman–Crippen MR) is 62.9 cm³/mol. The van der Waals surface area contributed by atoms with Gasteiger partial charge in [0.2, 0.25) is 0 Å². The van der Waals surface area contributed by atoms with Crippen molar-refractivity contribution in [1.29, 1.82) is 0 Å². The number of carboxylic acids is 1. The molecular weight excluding hydrogens is 220 g/mol. The SMILES string of the molecule is Cn1c(CCC(=O)O)nc(=O)c2ccccc21. The summed E-state index contributed by atoms with van der Waals surface area (Å²) in [6, 6.07) is 7.15. The fraction of sp³-hybridized carbons (Fsp3) is 0.250. The summed E-state index contributed by atoms with van der Waals surface area (Å²) in [5.74, 6) is -0.400. The fourth-order valence-electron chi connectivity index (χ4n) is 1.78. The molecule has 88 valence electrons. The van der Waals surface area contributed by atoms with Crippen LogP contribution in [0.25, 0.3) is 10.9 Å². The van der Waals surface area contributed by atoms with E-state index in [1.165, 1.54) is 0 Å². The average molecular weight is 232 g/mol. The Morgan fingerprint density at radius 1 is 1.41 bits per heavy atom. The van der Waals surface area contributed by atoms with Crippen molar-refractivity contribution in [2.45, 2.75) is 12.8 Å². The molecule has 1 aromatic heterocycles. The first-order valence-electron chi connectivity index (χ1n) is 5.26. The molecule has 0 aliphatic rings. The highest BCUT2D eigenvalue weighted by atomic mass is 16.4. The third-order valence-electron chi connectivity index (χ3n) is 2.68. The van der Waals surface area contributed by atoms with Gasteiger partial charge in [-0.2, -0.15) is 4.98 Å². The second-order valence-electron chi connectivity index (χ2n) is 3.80. The van der Waals surface area contributed by atoms with Crippen molar-refractivity contribution in [3.8, 4) is 0 Å². The minimum absolute atomic E-state index is 0.0291. The first kappa shape index (κ1) is 11.3. The number of nitrogens with zero attached hydrogens (tertiary/aromatic N) is 2. The second kappa shape index (κ2) is 4.37. The molecule has 5 nitrogen and oxygen atoms in total. The lowest BCUT2D eigenvalue weighted by molar-refractivity contribution is -0.137. The van der Waals surface area contributed by atoms with Gasteiger partial charge in [-0.1, -0.05) is 12.1 Å². The Bertz CT molecular complexity index is 631. The number of carboxylic acid groups (broad SMARTS) is 1. The van der Waals surface area contributed by atoms with Gasteiger partial charge >= 0.3 is 5.97 Å². The Labute approximate surface area is 97.3 Å². The minimum Gasteiger partial charge on any atom is -0.481 e. The van der Waals surface area contributed by atoms with E-state index in [0.29, 0.717) is 11.2 Å². The minimum atomic E-state index is -0.896. The second-order valence-corrected chi connectivity index (χ2v) is 3.80. The number of hydrogen-bond donors (Lipinski definition) is 1. The zero-order chi connectivity index (χ0) is 12.4. The summed E-state index contributed by atoms with van der Waals surface area (Å²) in [5, 5.41) is 9.18. The van der Waals surface area contributed by atoms with Crippen LogP contribution in [0, 0.1) is 0 Å². The van der Waals surface area contributed by atoms with Crippen molar-refractivity contribution < 1.29 is 9.90 Å². The molecule has 5 heteroatoms. The van der Waals surface area contributed by atoms with Crippen molar-refractivity contribution in [3.05, 3.63) is 40.4 Å². The number of aliphatic carboxylic acids is 1. The van der Waals surface area contributed by atoms with Gasteiger partial charge in [-0.15, -0.1) is 0 Å². The molecule has 0 aliphatic carbocycles.